The molecule has 0 radical (unpaired) electrons. The van der Waals surface area contributed by atoms with Crippen molar-refractivity contribution in [2.75, 3.05) is 59.1 Å². The number of rotatable bonds is 4. The number of fused-ring (bicyclic) bond motifs is 2. The van der Waals surface area contributed by atoms with Crippen LogP contribution in [0.25, 0.3) is 5.69 Å². The normalized spacial score (nSPS) is 23.0. The number of hydrogen-bond donors (Lipinski definition) is 0. The Bertz CT molecular complexity index is 777. The molecule has 2 fully saturated rings. The first-order chi connectivity index (χ1) is 13.8. The maximum absolute atomic E-state index is 6.40. The fourth-order valence-electron chi connectivity index (χ4n) is 4.74. The topological polar surface area (TPSA) is 42.8 Å². The molecule has 2 aromatic rings. The number of aromatic nitrogens is 2. The Balaban J connectivity index is 1.26. The van der Waals surface area contributed by atoms with Crippen molar-refractivity contribution >= 4 is 0 Å². The molecule has 0 saturated carbocycles. The van der Waals surface area contributed by atoms with Crippen molar-refractivity contribution < 1.29 is 9.47 Å². The molecular weight excluding hydrogens is 352 g/mol. The molecular formula is C22H30N4O2. The lowest BCUT2D eigenvalue weighted by Gasteiger charge is -2.43. The molecule has 1 aromatic carbocycles. The maximum atomic E-state index is 6.40. The van der Waals surface area contributed by atoms with Crippen LogP contribution in [0.15, 0.2) is 36.5 Å². The van der Waals surface area contributed by atoms with E-state index in [1.165, 1.54) is 11.3 Å². The van der Waals surface area contributed by atoms with Crippen molar-refractivity contribution in [3.05, 3.63) is 47.8 Å². The van der Waals surface area contributed by atoms with Gasteiger partial charge in [0.1, 0.15) is 5.60 Å². The lowest BCUT2D eigenvalue weighted by molar-refractivity contribution is -0.101. The second-order valence-electron chi connectivity index (χ2n) is 8.17. The summed E-state index contributed by atoms with van der Waals surface area (Å²) in [5.41, 5.74) is 3.46. The minimum absolute atomic E-state index is 0.191. The summed E-state index contributed by atoms with van der Waals surface area (Å²) in [5, 5.41) is 4.99. The highest BCUT2D eigenvalue weighted by molar-refractivity contribution is 5.35. The third-order valence-corrected chi connectivity index (χ3v) is 6.49. The summed E-state index contributed by atoms with van der Waals surface area (Å²) < 4.78 is 13.9. The number of piperidine rings is 1. The molecule has 0 bridgehead atoms. The molecule has 0 N–H and O–H groups in total. The molecule has 6 nitrogen and oxygen atoms in total. The van der Waals surface area contributed by atoms with Crippen molar-refractivity contribution in [2.24, 2.45) is 0 Å². The Morgan fingerprint density at radius 2 is 1.61 bits per heavy atom. The van der Waals surface area contributed by atoms with E-state index in [1.54, 1.807) is 0 Å². The van der Waals surface area contributed by atoms with E-state index in [9.17, 15) is 0 Å². The van der Waals surface area contributed by atoms with E-state index in [4.69, 9.17) is 14.6 Å². The van der Waals surface area contributed by atoms with Crippen molar-refractivity contribution in [3.63, 3.8) is 0 Å². The lowest BCUT2D eigenvalue weighted by Crippen LogP contribution is -2.49. The van der Waals surface area contributed by atoms with Crippen LogP contribution >= 0.6 is 0 Å². The zero-order chi connectivity index (χ0) is 18.8. The Morgan fingerprint density at radius 1 is 0.893 bits per heavy atom. The first kappa shape index (κ1) is 18.3. The van der Waals surface area contributed by atoms with Gasteiger partial charge in [0.15, 0.2) is 0 Å². The van der Waals surface area contributed by atoms with Gasteiger partial charge in [0.05, 0.1) is 31.2 Å². The van der Waals surface area contributed by atoms with Gasteiger partial charge in [0.25, 0.3) is 0 Å². The third-order valence-electron chi connectivity index (χ3n) is 6.49. The second kappa shape index (κ2) is 7.95. The maximum Gasteiger partial charge on any atom is 0.115 e. The molecule has 5 rings (SSSR count). The van der Waals surface area contributed by atoms with Gasteiger partial charge in [-0.2, -0.15) is 5.10 Å². The molecule has 3 aliphatic heterocycles. The summed E-state index contributed by atoms with van der Waals surface area (Å²) in [6, 6.07) is 10.4. The van der Waals surface area contributed by atoms with Crippen LogP contribution in [-0.2, 0) is 21.5 Å². The first-order valence-electron chi connectivity index (χ1n) is 10.6. The number of morpholine rings is 1. The van der Waals surface area contributed by atoms with Gasteiger partial charge in [-0.1, -0.05) is 18.2 Å². The average molecular weight is 383 g/mol. The van der Waals surface area contributed by atoms with Gasteiger partial charge < -0.3 is 14.4 Å². The van der Waals surface area contributed by atoms with Crippen LogP contribution in [0.3, 0.4) is 0 Å². The van der Waals surface area contributed by atoms with E-state index in [2.05, 4.69) is 40.3 Å². The van der Waals surface area contributed by atoms with E-state index < -0.39 is 0 Å². The van der Waals surface area contributed by atoms with Crippen LogP contribution in [0.5, 0.6) is 0 Å². The Kier molecular flexibility index (Phi) is 5.20. The fourth-order valence-corrected chi connectivity index (χ4v) is 4.74. The van der Waals surface area contributed by atoms with E-state index >= 15 is 0 Å². The number of likely N-dealkylation sites (tertiary alicyclic amines) is 1. The Morgan fingerprint density at radius 3 is 2.36 bits per heavy atom. The summed E-state index contributed by atoms with van der Waals surface area (Å²) in [6.45, 7) is 9.16. The van der Waals surface area contributed by atoms with Gasteiger partial charge >= 0.3 is 0 Å². The summed E-state index contributed by atoms with van der Waals surface area (Å²) in [4.78, 5) is 5.11. The molecule has 0 aliphatic carbocycles. The molecule has 1 spiro atoms. The quantitative estimate of drug-likeness (QED) is 0.810. The molecule has 4 heterocycles. The molecule has 0 atom stereocenters. The minimum atomic E-state index is -0.191. The third kappa shape index (κ3) is 3.62. The van der Waals surface area contributed by atoms with Crippen LogP contribution in [-0.4, -0.2) is 78.7 Å². The van der Waals surface area contributed by atoms with Crippen LogP contribution < -0.4 is 0 Å². The van der Waals surface area contributed by atoms with Gasteiger partial charge in [-0.15, -0.1) is 0 Å². The van der Waals surface area contributed by atoms with E-state index in [-0.39, 0.29) is 5.60 Å². The summed E-state index contributed by atoms with van der Waals surface area (Å²) in [7, 11) is 0. The molecule has 0 amide bonds. The van der Waals surface area contributed by atoms with Crippen LogP contribution in [0.2, 0.25) is 0 Å². The summed E-state index contributed by atoms with van der Waals surface area (Å²) in [6.07, 6.45) is 5.24. The van der Waals surface area contributed by atoms with E-state index in [1.807, 2.05) is 10.7 Å². The Labute approximate surface area is 167 Å². The van der Waals surface area contributed by atoms with Gasteiger partial charge in [-0.05, 0) is 37.0 Å². The van der Waals surface area contributed by atoms with Gasteiger partial charge in [-0.3, -0.25) is 4.90 Å². The monoisotopic (exact) mass is 382 g/mol. The zero-order valence-electron chi connectivity index (χ0n) is 16.6. The predicted octanol–water partition coefficient (Wildman–Crippen LogP) is 2.07. The fraction of sp³-hybridized carbons (Fsp3) is 0.591. The van der Waals surface area contributed by atoms with Crippen molar-refractivity contribution in [1.82, 2.24) is 19.6 Å². The SMILES string of the molecule is c1ccc(-n2cc3c(n2)C2(CCN(CCN4CCOCC4)CC2)OCC3)cc1. The largest absolute Gasteiger partial charge is 0.379 e. The number of para-hydroxylation sites is 1. The van der Waals surface area contributed by atoms with Crippen molar-refractivity contribution in [3.8, 4) is 5.69 Å². The highest BCUT2D eigenvalue weighted by Crippen LogP contribution is 2.40. The van der Waals surface area contributed by atoms with Crippen LogP contribution in [0.1, 0.15) is 24.1 Å². The lowest BCUT2D eigenvalue weighted by atomic mass is 9.84. The van der Waals surface area contributed by atoms with Gasteiger partial charge in [0, 0.05) is 45.5 Å². The van der Waals surface area contributed by atoms with Crippen molar-refractivity contribution in [2.45, 2.75) is 24.9 Å². The standard InChI is InChI=1S/C22H30N4O2/c1-2-4-20(5-3-1)26-18-19-6-15-28-22(21(19)23-26)7-9-24(10-8-22)11-12-25-13-16-27-17-14-25/h1-5,18H,6-17H2. The average Bonchev–Trinajstić information content (AvgIpc) is 3.21. The highest BCUT2D eigenvalue weighted by Gasteiger charge is 2.43. The molecule has 150 valence electrons. The first-order valence-corrected chi connectivity index (χ1v) is 10.6. The minimum Gasteiger partial charge on any atom is -0.379 e. The van der Waals surface area contributed by atoms with E-state index in [0.29, 0.717) is 0 Å². The summed E-state index contributed by atoms with van der Waals surface area (Å²) >= 11 is 0. The van der Waals surface area contributed by atoms with Crippen molar-refractivity contribution in [1.29, 1.82) is 0 Å². The Hall–Kier alpha value is -1.73. The number of hydrogen-bond acceptors (Lipinski definition) is 5. The van der Waals surface area contributed by atoms with Gasteiger partial charge in [0.2, 0.25) is 0 Å². The van der Waals surface area contributed by atoms with Crippen LogP contribution in [0, 0.1) is 0 Å². The number of nitrogens with zero attached hydrogens (tertiary/aromatic N) is 4. The molecule has 6 heteroatoms. The predicted molar refractivity (Wildman–Crippen MR) is 108 cm³/mol. The summed E-state index contributed by atoms with van der Waals surface area (Å²) in [5.74, 6) is 0. The second-order valence-corrected chi connectivity index (χ2v) is 8.17. The van der Waals surface area contributed by atoms with Crippen LogP contribution in [0.4, 0.5) is 0 Å². The molecule has 28 heavy (non-hydrogen) atoms. The zero-order valence-corrected chi connectivity index (χ0v) is 16.6. The number of benzene rings is 1. The highest BCUT2D eigenvalue weighted by atomic mass is 16.5. The smallest absolute Gasteiger partial charge is 0.115 e. The molecule has 0 unspecified atom stereocenters. The molecule has 1 aromatic heterocycles. The molecule has 3 aliphatic rings. The molecule has 2 saturated heterocycles. The van der Waals surface area contributed by atoms with E-state index in [0.717, 1.165) is 84.0 Å². The number of ether oxygens (including phenoxy) is 2. The van der Waals surface area contributed by atoms with Gasteiger partial charge in [-0.25, -0.2) is 4.68 Å².